The van der Waals surface area contributed by atoms with Crippen LogP contribution in [0.15, 0.2) is 60.0 Å². The summed E-state index contributed by atoms with van der Waals surface area (Å²) >= 11 is 1.34. The molecule has 9 heteroatoms. The minimum atomic E-state index is -0.578. The van der Waals surface area contributed by atoms with E-state index in [1.807, 2.05) is 60.0 Å². The van der Waals surface area contributed by atoms with Crippen LogP contribution in [0.5, 0.6) is 0 Å². The standard InChI is InChI=1S/C27H28N4O4S/c32-24(21-12-13-21)28-15-18-8-10-20(11-9-18)22-17-36-26(29-22)30-25(33)23-7-4-14-31(23)27(34)35-16-19-5-2-1-3-6-19/h1-3,5-6,8-11,17,21,23H,4,7,12-16H2,(H,28,32)(H,29,30,33)/t23-/m0/s1. The Kier molecular flexibility index (Phi) is 7.27. The average molecular weight is 505 g/mol. The van der Waals surface area contributed by atoms with Crippen LogP contribution in [0.2, 0.25) is 0 Å². The predicted molar refractivity (Wildman–Crippen MR) is 137 cm³/mol. The molecule has 2 aliphatic rings. The molecule has 186 valence electrons. The molecule has 5 rings (SSSR count). The lowest BCUT2D eigenvalue weighted by molar-refractivity contribution is -0.122. The Morgan fingerprint density at radius 3 is 2.50 bits per heavy atom. The zero-order chi connectivity index (χ0) is 24.9. The number of hydrogen-bond donors (Lipinski definition) is 2. The van der Waals surface area contributed by atoms with Gasteiger partial charge in [0.05, 0.1) is 5.69 Å². The molecule has 3 aromatic rings. The summed E-state index contributed by atoms with van der Waals surface area (Å²) in [5, 5.41) is 8.20. The van der Waals surface area contributed by atoms with E-state index < -0.39 is 12.1 Å². The van der Waals surface area contributed by atoms with E-state index in [9.17, 15) is 14.4 Å². The number of nitrogens with zero attached hydrogens (tertiary/aromatic N) is 2. The van der Waals surface area contributed by atoms with Crippen LogP contribution < -0.4 is 10.6 Å². The van der Waals surface area contributed by atoms with E-state index in [0.29, 0.717) is 24.6 Å². The fraction of sp³-hybridized carbons (Fsp3) is 0.333. The third-order valence-corrected chi connectivity index (χ3v) is 7.15. The zero-order valence-corrected chi connectivity index (χ0v) is 20.6. The molecule has 2 fully saturated rings. The van der Waals surface area contributed by atoms with Crippen molar-refractivity contribution >= 4 is 34.4 Å². The van der Waals surface area contributed by atoms with Gasteiger partial charge in [0.25, 0.3) is 0 Å². The van der Waals surface area contributed by atoms with Gasteiger partial charge in [0.1, 0.15) is 12.6 Å². The number of likely N-dealkylation sites (tertiary alicyclic amines) is 1. The summed E-state index contributed by atoms with van der Waals surface area (Å²) in [6, 6.07) is 16.7. The van der Waals surface area contributed by atoms with Crippen LogP contribution in [-0.4, -0.2) is 40.4 Å². The Bertz CT molecular complexity index is 1220. The monoisotopic (exact) mass is 504 g/mol. The summed E-state index contributed by atoms with van der Waals surface area (Å²) in [5.41, 5.74) is 3.61. The number of aromatic nitrogens is 1. The van der Waals surface area contributed by atoms with E-state index >= 15 is 0 Å². The van der Waals surface area contributed by atoms with E-state index in [1.54, 1.807) is 0 Å². The second kappa shape index (κ2) is 10.9. The van der Waals surface area contributed by atoms with Crippen LogP contribution in [-0.2, 0) is 27.5 Å². The summed E-state index contributed by atoms with van der Waals surface area (Å²) in [6.07, 6.45) is 2.83. The molecule has 8 nitrogen and oxygen atoms in total. The van der Waals surface area contributed by atoms with Crippen LogP contribution in [0.4, 0.5) is 9.93 Å². The molecule has 0 radical (unpaired) electrons. The van der Waals surface area contributed by atoms with Crippen molar-refractivity contribution in [2.75, 3.05) is 11.9 Å². The number of nitrogens with one attached hydrogen (secondary N) is 2. The first-order valence-electron chi connectivity index (χ1n) is 12.2. The molecule has 36 heavy (non-hydrogen) atoms. The lowest BCUT2D eigenvalue weighted by atomic mass is 10.1. The number of ether oxygens (including phenoxy) is 1. The lowest BCUT2D eigenvalue weighted by Crippen LogP contribution is -2.43. The first-order valence-corrected chi connectivity index (χ1v) is 13.1. The predicted octanol–water partition coefficient (Wildman–Crippen LogP) is 4.58. The molecule has 2 heterocycles. The number of benzene rings is 2. The van der Waals surface area contributed by atoms with Crippen molar-refractivity contribution in [2.24, 2.45) is 5.92 Å². The molecule has 3 amide bonds. The minimum Gasteiger partial charge on any atom is -0.445 e. The van der Waals surface area contributed by atoms with Gasteiger partial charge in [0, 0.05) is 30.0 Å². The molecule has 2 N–H and O–H groups in total. The Labute approximate surface area is 213 Å². The number of amides is 3. The summed E-state index contributed by atoms with van der Waals surface area (Å²) < 4.78 is 5.43. The maximum Gasteiger partial charge on any atom is 0.410 e. The topological polar surface area (TPSA) is 101 Å². The van der Waals surface area contributed by atoms with Gasteiger partial charge in [0.2, 0.25) is 11.8 Å². The molecule has 1 atom stereocenters. The van der Waals surface area contributed by atoms with Crippen LogP contribution in [0.25, 0.3) is 11.3 Å². The summed E-state index contributed by atoms with van der Waals surface area (Å²) in [7, 11) is 0. The van der Waals surface area contributed by atoms with Gasteiger partial charge in [-0.25, -0.2) is 9.78 Å². The molecule has 1 aliphatic heterocycles. The van der Waals surface area contributed by atoms with E-state index in [2.05, 4.69) is 15.6 Å². The minimum absolute atomic E-state index is 0.129. The Morgan fingerprint density at radius 1 is 0.972 bits per heavy atom. The highest BCUT2D eigenvalue weighted by Crippen LogP contribution is 2.29. The molecular weight excluding hydrogens is 476 g/mol. The fourth-order valence-electron chi connectivity index (χ4n) is 4.18. The number of thiazole rings is 1. The summed E-state index contributed by atoms with van der Waals surface area (Å²) in [4.78, 5) is 43.4. The van der Waals surface area contributed by atoms with Crippen LogP contribution in [0.1, 0.15) is 36.8 Å². The van der Waals surface area contributed by atoms with Crippen molar-refractivity contribution in [1.82, 2.24) is 15.2 Å². The molecule has 1 saturated heterocycles. The van der Waals surface area contributed by atoms with Crippen molar-refractivity contribution < 1.29 is 19.1 Å². The second-order valence-corrected chi connectivity index (χ2v) is 9.97. The van der Waals surface area contributed by atoms with Crippen LogP contribution in [0, 0.1) is 5.92 Å². The maximum atomic E-state index is 12.9. The van der Waals surface area contributed by atoms with Gasteiger partial charge in [-0.3, -0.25) is 14.5 Å². The lowest BCUT2D eigenvalue weighted by Gasteiger charge is -2.22. The first-order chi connectivity index (χ1) is 17.6. The van der Waals surface area contributed by atoms with Crippen LogP contribution >= 0.6 is 11.3 Å². The molecule has 0 spiro atoms. The number of hydrogen-bond acceptors (Lipinski definition) is 6. The molecule has 2 aromatic carbocycles. The number of carbonyl (C=O) groups excluding carboxylic acids is 3. The first kappa shape index (κ1) is 24.0. The molecule has 1 aliphatic carbocycles. The van der Waals surface area contributed by atoms with Crippen molar-refractivity contribution in [3.63, 3.8) is 0 Å². The molecular formula is C27H28N4O4S. The third-order valence-electron chi connectivity index (χ3n) is 6.39. The zero-order valence-electron chi connectivity index (χ0n) is 19.8. The van der Waals surface area contributed by atoms with Gasteiger partial charge < -0.3 is 15.4 Å². The second-order valence-electron chi connectivity index (χ2n) is 9.11. The van der Waals surface area contributed by atoms with Gasteiger partial charge in [-0.15, -0.1) is 11.3 Å². The van der Waals surface area contributed by atoms with E-state index in [-0.39, 0.29) is 24.3 Å². The normalized spacial score (nSPS) is 17.0. The fourth-order valence-corrected chi connectivity index (χ4v) is 4.91. The van der Waals surface area contributed by atoms with Gasteiger partial charge in [0.15, 0.2) is 5.13 Å². The Balaban J connectivity index is 1.14. The summed E-state index contributed by atoms with van der Waals surface area (Å²) in [6.45, 7) is 1.17. The van der Waals surface area contributed by atoms with Crippen LogP contribution in [0.3, 0.4) is 0 Å². The average Bonchev–Trinajstić information content (AvgIpc) is 3.45. The smallest absolute Gasteiger partial charge is 0.410 e. The largest absolute Gasteiger partial charge is 0.445 e. The highest BCUT2D eigenvalue weighted by Gasteiger charge is 2.35. The number of anilines is 1. The Morgan fingerprint density at radius 2 is 1.75 bits per heavy atom. The van der Waals surface area contributed by atoms with Gasteiger partial charge in [-0.2, -0.15) is 0 Å². The number of rotatable bonds is 8. The molecule has 1 aromatic heterocycles. The van der Waals surface area contributed by atoms with Crippen molar-refractivity contribution in [1.29, 1.82) is 0 Å². The molecule has 0 bridgehead atoms. The van der Waals surface area contributed by atoms with E-state index in [1.165, 1.54) is 16.2 Å². The van der Waals surface area contributed by atoms with Crippen molar-refractivity contribution in [3.8, 4) is 11.3 Å². The highest BCUT2D eigenvalue weighted by molar-refractivity contribution is 7.14. The third kappa shape index (κ3) is 5.91. The number of carbonyl (C=O) groups is 3. The van der Waals surface area contributed by atoms with Crippen molar-refractivity contribution in [2.45, 2.75) is 44.9 Å². The molecule has 1 saturated carbocycles. The quantitative estimate of drug-likeness (QED) is 0.468. The Hall–Kier alpha value is -3.72. The summed E-state index contributed by atoms with van der Waals surface area (Å²) in [5.74, 6) is 0.0696. The highest BCUT2D eigenvalue weighted by atomic mass is 32.1. The van der Waals surface area contributed by atoms with Crippen molar-refractivity contribution in [3.05, 3.63) is 71.1 Å². The SMILES string of the molecule is O=C(NCc1ccc(-c2csc(NC(=O)[C@@H]3CCCN3C(=O)OCc3ccccc3)n2)cc1)C1CC1. The van der Waals surface area contributed by atoms with Gasteiger partial charge in [-0.05, 0) is 36.8 Å². The molecule has 0 unspecified atom stereocenters. The van der Waals surface area contributed by atoms with Gasteiger partial charge in [-0.1, -0.05) is 54.6 Å². The van der Waals surface area contributed by atoms with E-state index in [0.717, 1.165) is 41.6 Å². The van der Waals surface area contributed by atoms with E-state index in [4.69, 9.17) is 4.74 Å². The van der Waals surface area contributed by atoms with Gasteiger partial charge >= 0.3 is 6.09 Å². The maximum absolute atomic E-state index is 12.9.